The van der Waals surface area contributed by atoms with E-state index in [4.69, 9.17) is 16.3 Å². The monoisotopic (exact) mass is 409 g/mol. The highest BCUT2D eigenvalue weighted by atomic mass is 35.5. The summed E-state index contributed by atoms with van der Waals surface area (Å²) in [4.78, 5) is 32.1. The van der Waals surface area contributed by atoms with Crippen LogP contribution in [0.2, 0.25) is 5.02 Å². The molecular weight excluding hydrogens is 390 g/mol. The van der Waals surface area contributed by atoms with E-state index < -0.39 is 17.4 Å². The molecule has 0 aliphatic carbocycles. The van der Waals surface area contributed by atoms with Crippen molar-refractivity contribution in [1.82, 2.24) is 15.2 Å². The standard InChI is InChI=1S/C22H20ClN3O3/c23-16-6-2-1-5-15(16)11-25-20(27)18-17-7-8-22(29-17)13-26(21(28)19(18)22)12-14-4-3-9-24-10-14/h1-10,17-19H,11-13H2,(H,25,27)/t17-,18+,19-,22-/m0/s1. The van der Waals surface area contributed by atoms with Crippen LogP contribution in [0.25, 0.3) is 0 Å². The Bertz CT molecular complexity index is 996. The third-order valence-corrected chi connectivity index (χ3v) is 6.36. The summed E-state index contributed by atoms with van der Waals surface area (Å²) in [5.41, 5.74) is 1.08. The molecule has 3 aliphatic rings. The zero-order valence-electron chi connectivity index (χ0n) is 15.6. The van der Waals surface area contributed by atoms with Gasteiger partial charge in [0.25, 0.3) is 0 Å². The van der Waals surface area contributed by atoms with E-state index >= 15 is 0 Å². The van der Waals surface area contributed by atoms with Crippen molar-refractivity contribution in [3.8, 4) is 0 Å². The van der Waals surface area contributed by atoms with Crippen LogP contribution in [0.15, 0.2) is 60.9 Å². The lowest BCUT2D eigenvalue weighted by Gasteiger charge is -2.23. The Morgan fingerprint density at radius 2 is 2.17 bits per heavy atom. The zero-order valence-corrected chi connectivity index (χ0v) is 16.4. The summed E-state index contributed by atoms with van der Waals surface area (Å²) in [6, 6.07) is 11.2. The number of hydrogen-bond acceptors (Lipinski definition) is 4. The highest BCUT2D eigenvalue weighted by molar-refractivity contribution is 6.31. The molecule has 2 amide bonds. The van der Waals surface area contributed by atoms with Gasteiger partial charge in [-0.15, -0.1) is 0 Å². The number of ether oxygens (including phenoxy) is 1. The summed E-state index contributed by atoms with van der Waals surface area (Å²) in [5, 5.41) is 3.55. The molecule has 3 aliphatic heterocycles. The quantitative estimate of drug-likeness (QED) is 0.769. The summed E-state index contributed by atoms with van der Waals surface area (Å²) in [7, 11) is 0. The molecule has 4 heterocycles. The lowest BCUT2D eigenvalue weighted by Crippen LogP contribution is -2.43. The van der Waals surface area contributed by atoms with Crippen molar-refractivity contribution in [1.29, 1.82) is 0 Å². The van der Waals surface area contributed by atoms with E-state index in [-0.39, 0.29) is 17.9 Å². The molecule has 2 fully saturated rings. The molecule has 2 aromatic rings. The van der Waals surface area contributed by atoms with Crippen LogP contribution in [0, 0.1) is 11.8 Å². The van der Waals surface area contributed by atoms with Crippen LogP contribution in [0.3, 0.4) is 0 Å². The van der Waals surface area contributed by atoms with Crippen LogP contribution in [0.5, 0.6) is 0 Å². The highest BCUT2D eigenvalue weighted by Gasteiger charge is 2.66. The molecule has 0 radical (unpaired) electrons. The first-order valence-electron chi connectivity index (χ1n) is 9.63. The minimum atomic E-state index is -0.712. The first-order valence-corrected chi connectivity index (χ1v) is 10.0. The van der Waals surface area contributed by atoms with Crippen molar-refractivity contribution < 1.29 is 14.3 Å². The maximum absolute atomic E-state index is 13.2. The van der Waals surface area contributed by atoms with Gasteiger partial charge in [-0.2, -0.15) is 0 Å². The number of benzene rings is 1. The predicted octanol–water partition coefficient (Wildman–Crippen LogP) is 2.33. The number of nitrogens with zero attached hydrogens (tertiary/aromatic N) is 2. The number of nitrogens with one attached hydrogen (secondary N) is 1. The number of fused-ring (bicyclic) bond motifs is 1. The minimum absolute atomic E-state index is 0.0430. The van der Waals surface area contributed by atoms with E-state index in [2.05, 4.69) is 10.3 Å². The second-order valence-corrected chi connectivity index (χ2v) is 8.17. The largest absolute Gasteiger partial charge is 0.360 e. The van der Waals surface area contributed by atoms with Gasteiger partial charge in [-0.05, 0) is 23.3 Å². The van der Waals surface area contributed by atoms with E-state index in [0.717, 1.165) is 11.1 Å². The third-order valence-electron chi connectivity index (χ3n) is 5.99. The zero-order chi connectivity index (χ0) is 20.0. The second-order valence-electron chi connectivity index (χ2n) is 7.76. The maximum atomic E-state index is 13.2. The molecule has 6 nitrogen and oxygen atoms in total. The fraction of sp³-hybridized carbons (Fsp3) is 0.318. The van der Waals surface area contributed by atoms with Gasteiger partial charge in [0.2, 0.25) is 11.8 Å². The predicted molar refractivity (Wildman–Crippen MR) is 107 cm³/mol. The van der Waals surface area contributed by atoms with E-state index in [1.165, 1.54) is 0 Å². The van der Waals surface area contributed by atoms with E-state index in [0.29, 0.717) is 24.7 Å². The molecule has 0 unspecified atom stereocenters. The van der Waals surface area contributed by atoms with Crippen LogP contribution in [-0.2, 0) is 27.4 Å². The van der Waals surface area contributed by atoms with E-state index in [1.54, 1.807) is 23.4 Å². The second kappa shape index (κ2) is 6.97. The number of rotatable bonds is 5. The Hall–Kier alpha value is -2.70. The number of amides is 2. The Morgan fingerprint density at radius 1 is 1.31 bits per heavy atom. The molecule has 1 spiro atoms. The Labute approximate surface area is 173 Å². The van der Waals surface area contributed by atoms with Gasteiger partial charge in [0.15, 0.2) is 0 Å². The molecule has 148 valence electrons. The molecular formula is C22H20ClN3O3. The number of aromatic nitrogens is 1. The highest BCUT2D eigenvalue weighted by Crippen LogP contribution is 2.52. The van der Waals surface area contributed by atoms with Crippen LogP contribution in [0.4, 0.5) is 0 Å². The summed E-state index contributed by atoms with van der Waals surface area (Å²) in [5.74, 6) is -1.25. The summed E-state index contributed by atoms with van der Waals surface area (Å²) in [6.45, 7) is 1.23. The van der Waals surface area contributed by atoms with Crippen LogP contribution >= 0.6 is 11.6 Å². The molecule has 1 aromatic heterocycles. The smallest absolute Gasteiger partial charge is 0.230 e. The van der Waals surface area contributed by atoms with Crippen molar-refractivity contribution in [3.05, 3.63) is 77.1 Å². The van der Waals surface area contributed by atoms with Crippen LogP contribution in [-0.4, -0.2) is 39.9 Å². The van der Waals surface area contributed by atoms with Gasteiger partial charge in [-0.3, -0.25) is 14.6 Å². The fourth-order valence-electron chi connectivity index (χ4n) is 4.67. The van der Waals surface area contributed by atoms with Gasteiger partial charge in [0, 0.05) is 30.5 Å². The van der Waals surface area contributed by atoms with Gasteiger partial charge in [-0.1, -0.05) is 48.0 Å². The van der Waals surface area contributed by atoms with E-state index in [1.807, 2.05) is 42.5 Å². The SMILES string of the molecule is O=C(NCc1ccccc1Cl)[C@@H]1[C@@H]2C=C[C@@]3(CN(Cc4cccnc4)C(=O)[C@H]13)O2. The fourth-order valence-corrected chi connectivity index (χ4v) is 4.87. The van der Waals surface area contributed by atoms with Crippen LogP contribution in [0.1, 0.15) is 11.1 Å². The van der Waals surface area contributed by atoms with Crippen molar-refractivity contribution in [2.45, 2.75) is 24.8 Å². The first-order chi connectivity index (χ1) is 14.1. The van der Waals surface area contributed by atoms with Gasteiger partial charge < -0.3 is 15.0 Å². The number of likely N-dealkylation sites (tertiary alicyclic amines) is 1. The molecule has 5 rings (SSSR count). The van der Waals surface area contributed by atoms with Gasteiger partial charge >= 0.3 is 0 Å². The average molecular weight is 410 g/mol. The lowest BCUT2D eigenvalue weighted by molar-refractivity contribution is -0.137. The van der Waals surface area contributed by atoms with Gasteiger partial charge in [0.1, 0.15) is 5.60 Å². The van der Waals surface area contributed by atoms with Gasteiger partial charge in [-0.25, -0.2) is 0 Å². The molecule has 0 saturated carbocycles. The molecule has 7 heteroatoms. The normalized spacial score (nSPS) is 29.3. The molecule has 4 atom stereocenters. The van der Waals surface area contributed by atoms with Crippen molar-refractivity contribution in [3.63, 3.8) is 0 Å². The summed E-state index contributed by atoms with van der Waals surface area (Å²) >= 11 is 6.18. The molecule has 2 bridgehead atoms. The average Bonchev–Trinajstić information content (AvgIpc) is 3.36. The van der Waals surface area contributed by atoms with Crippen molar-refractivity contribution >= 4 is 23.4 Å². The summed E-state index contributed by atoms with van der Waals surface area (Å²) in [6.07, 6.45) is 6.96. The maximum Gasteiger partial charge on any atom is 0.230 e. The topological polar surface area (TPSA) is 71.5 Å². The van der Waals surface area contributed by atoms with Gasteiger partial charge in [0.05, 0.1) is 24.5 Å². The molecule has 1 aromatic carbocycles. The molecule has 29 heavy (non-hydrogen) atoms. The molecule has 2 saturated heterocycles. The van der Waals surface area contributed by atoms with Crippen molar-refractivity contribution in [2.75, 3.05) is 6.54 Å². The third kappa shape index (κ3) is 3.03. The number of pyridine rings is 1. The number of carbonyl (C=O) groups excluding carboxylic acids is 2. The number of carbonyl (C=O) groups is 2. The lowest BCUT2D eigenvalue weighted by atomic mass is 9.77. The van der Waals surface area contributed by atoms with Crippen LogP contribution < -0.4 is 5.32 Å². The number of hydrogen-bond donors (Lipinski definition) is 1. The Kier molecular flexibility index (Phi) is 4.41. The Morgan fingerprint density at radius 3 is 2.97 bits per heavy atom. The Balaban J connectivity index is 1.33. The summed E-state index contributed by atoms with van der Waals surface area (Å²) < 4.78 is 6.16. The first kappa shape index (κ1) is 18.3. The van der Waals surface area contributed by atoms with Crippen molar-refractivity contribution in [2.24, 2.45) is 11.8 Å². The molecule has 1 N–H and O–H groups in total. The number of halogens is 1. The minimum Gasteiger partial charge on any atom is -0.360 e. The van der Waals surface area contributed by atoms with E-state index in [9.17, 15) is 9.59 Å².